The zero-order valence-electron chi connectivity index (χ0n) is 13.0. The number of ether oxygens (including phenoxy) is 3. The summed E-state index contributed by atoms with van der Waals surface area (Å²) in [5, 5.41) is 9.21. The van der Waals surface area contributed by atoms with Crippen molar-refractivity contribution in [2.75, 3.05) is 18.9 Å². The van der Waals surface area contributed by atoms with Gasteiger partial charge >= 0.3 is 0 Å². The fourth-order valence-corrected chi connectivity index (χ4v) is 3.22. The fourth-order valence-electron chi connectivity index (χ4n) is 1.34. The van der Waals surface area contributed by atoms with Gasteiger partial charge < -0.3 is 14.2 Å². The zero-order chi connectivity index (χ0) is 16.8. The van der Waals surface area contributed by atoms with Crippen LogP contribution in [0.5, 0.6) is 0 Å². The van der Waals surface area contributed by atoms with Crippen molar-refractivity contribution in [1.29, 1.82) is 0 Å². The minimum absolute atomic E-state index is 0.385. The Balaban J connectivity index is 4.25. The highest BCUT2D eigenvalue weighted by Gasteiger charge is 2.13. The van der Waals surface area contributed by atoms with E-state index >= 15 is 0 Å². The highest BCUT2D eigenvalue weighted by Crippen LogP contribution is 2.31. The number of carbonyl (C=O) groups excluding carboxylic acids is 3. The van der Waals surface area contributed by atoms with Gasteiger partial charge in [-0.1, -0.05) is 7.92 Å². The van der Waals surface area contributed by atoms with E-state index in [1.54, 1.807) is 20.8 Å². The normalized spacial score (nSPS) is 16.0. The van der Waals surface area contributed by atoms with Crippen molar-refractivity contribution in [3.63, 3.8) is 0 Å². The summed E-state index contributed by atoms with van der Waals surface area (Å²) >= 11 is 0. The predicted octanol–water partition coefficient (Wildman–Crippen LogP) is -0.333. The van der Waals surface area contributed by atoms with Crippen LogP contribution < -0.4 is 16.0 Å². The third-order valence-corrected chi connectivity index (χ3v) is 4.48. The van der Waals surface area contributed by atoms with Crippen molar-refractivity contribution in [3.8, 4) is 0 Å². The van der Waals surface area contributed by atoms with E-state index in [0.717, 1.165) is 0 Å². The van der Waals surface area contributed by atoms with Gasteiger partial charge in [0.2, 0.25) is 0 Å². The molecule has 3 N–H and O–H groups in total. The zero-order valence-corrected chi connectivity index (χ0v) is 13.9. The van der Waals surface area contributed by atoms with Gasteiger partial charge in [-0.05, 0) is 20.8 Å². The standard InChI is InChI=1S/C12H24N3O6P/c1-10(19-7-16)13-4-22(5-14-11(2)20-8-17)6-15-12(3)21-9-18/h7-15H,4-6H2,1-3H3. The molecule has 0 aromatic heterocycles. The average molecular weight is 337 g/mol. The topological polar surface area (TPSA) is 115 Å². The lowest BCUT2D eigenvalue weighted by molar-refractivity contribution is -0.134. The predicted molar refractivity (Wildman–Crippen MR) is 80.8 cm³/mol. The van der Waals surface area contributed by atoms with Crippen LogP contribution in [0.4, 0.5) is 0 Å². The lowest BCUT2D eigenvalue weighted by Gasteiger charge is -2.24. The Morgan fingerprint density at radius 3 is 1.23 bits per heavy atom. The van der Waals surface area contributed by atoms with Crippen LogP contribution >= 0.6 is 7.92 Å². The second-order valence-corrected chi connectivity index (χ2v) is 6.67. The Kier molecular flexibility index (Phi) is 12.6. The Morgan fingerprint density at radius 2 is 1.00 bits per heavy atom. The number of nitrogens with one attached hydrogen (secondary N) is 3. The summed E-state index contributed by atoms with van der Waals surface area (Å²) in [5.74, 6) is 0. The van der Waals surface area contributed by atoms with Gasteiger partial charge in [0.15, 0.2) is 0 Å². The molecule has 128 valence electrons. The smallest absolute Gasteiger partial charge is 0.294 e. The van der Waals surface area contributed by atoms with Crippen LogP contribution in [0.2, 0.25) is 0 Å². The number of rotatable bonds is 15. The van der Waals surface area contributed by atoms with Gasteiger partial charge in [0, 0.05) is 18.9 Å². The van der Waals surface area contributed by atoms with Gasteiger partial charge in [-0.3, -0.25) is 30.3 Å². The molecule has 3 atom stereocenters. The third kappa shape index (κ3) is 11.4. The molecule has 0 amide bonds. The first kappa shape index (κ1) is 20.7. The first-order valence-electron chi connectivity index (χ1n) is 6.73. The minimum atomic E-state index is -0.611. The maximum atomic E-state index is 10.3. The molecule has 0 aliphatic carbocycles. The van der Waals surface area contributed by atoms with Crippen molar-refractivity contribution < 1.29 is 28.6 Å². The van der Waals surface area contributed by atoms with Crippen LogP contribution in [0.25, 0.3) is 0 Å². The van der Waals surface area contributed by atoms with Crippen molar-refractivity contribution >= 4 is 27.3 Å². The van der Waals surface area contributed by atoms with E-state index in [1.807, 2.05) is 0 Å². The van der Waals surface area contributed by atoms with Crippen LogP contribution in [0, 0.1) is 0 Å². The first-order chi connectivity index (χ1) is 10.5. The van der Waals surface area contributed by atoms with Crippen molar-refractivity contribution in [3.05, 3.63) is 0 Å². The second kappa shape index (κ2) is 13.4. The summed E-state index contributed by atoms with van der Waals surface area (Å²) in [6, 6.07) is 0. The van der Waals surface area contributed by atoms with Crippen molar-refractivity contribution in [1.82, 2.24) is 16.0 Å². The van der Waals surface area contributed by atoms with E-state index in [9.17, 15) is 14.4 Å². The summed E-state index contributed by atoms with van der Waals surface area (Å²) in [4.78, 5) is 30.8. The second-order valence-electron chi connectivity index (χ2n) is 4.38. The average Bonchev–Trinajstić information content (AvgIpc) is 2.47. The fraction of sp³-hybridized carbons (Fsp3) is 0.750. The van der Waals surface area contributed by atoms with Crippen LogP contribution in [0.3, 0.4) is 0 Å². The molecule has 0 fully saturated rings. The molecule has 0 saturated carbocycles. The molecule has 0 radical (unpaired) electrons. The SMILES string of the molecule is CC(NCP(CNC(C)OC=O)CNC(C)OC=O)OC=O. The van der Waals surface area contributed by atoms with E-state index in [2.05, 4.69) is 16.0 Å². The highest BCUT2D eigenvalue weighted by atomic mass is 31.1. The summed E-state index contributed by atoms with van der Waals surface area (Å²) < 4.78 is 14.3. The van der Waals surface area contributed by atoms with E-state index in [-0.39, 0.29) is 0 Å². The molecule has 0 aromatic carbocycles. The highest BCUT2D eigenvalue weighted by molar-refractivity contribution is 7.57. The Morgan fingerprint density at radius 1 is 0.727 bits per heavy atom. The van der Waals surface area contributed by atoms with E-state index in [1.165, 1.54) is 0 Å². The summed E-state index contributed by atoms with van der Waals surface area (Å²) in [5.41, 5.74) is 0. The van der Waals surface area contributed by atoms with Gasteiger partial charge in [0.25, 0.3) is 19.4 Å². The van der Waals surface area contributed by atoms with E-state index in [4.69, 9.17) is 14.2 Å². The molecule has 0 aromatic rings. The Hall–Kier alpha value is -1.28. The summed E-state index contributed by atoms with van der Waals surface area (Å²) in [6.45, 7) is 6.32. The largest absolute Gasteiger partial charge is 0.449 e. The lowest BCUT2D eigenvalue weighted by Crippen LogP contribution is -2.36. The Bertz CT molecular complexity index is 276. The Labute approximate surface area is 131 Å². The molecule has 0 aliphatic heterocycles. The van der Waals surface area contributed by atoms with Crippen LogP contribution in [0.15, 0.2) is 0 Å². The molecule has 0 saturated heterocycles. The quantitative estimate of drug-likeness (QED) is 0.160. The lowest BCUT2D eigenvalue weighted by atomic mass is 10.7. The van der Waals surface area contributed by atoms with Crippen molar-refractivity contribution in [2.45, 2.75) is 39.5 Å². The number of carbonyl (C=O) groups is 3. The van der Waals surface area contributed by atoms with E-state index in [0.29, 0.717) is 38.3 Å². The molecule has 22 heavy (non-hydrogen) atoms. The van der Waals surface area contributed by atoms with Gasteiger partial charge in [0.05, 0.1) is 0 Å². The summed E-state index contributed by atoms with van der Waals surface area (Å²) in [6.07, 6.45) is 0.628. The number of hydrogen-bond acceptors (Lipinski definition) is 9. The molecule has 3 unspecified atom stereocenters. The van der Waals surface area contributed by atoms with Gasteiger partial charge in [-0.15, -0.1) is 0 Å². The molecule has 0 bridgehead atoms. The van der Waals surface area contributed by atoms with Crippen LogP contribution in [-0.4, -0.2) is 57.0 Å². The molecule has 0 rings (SSSR count). The monoisotopic (exact) mass is 337 g/mol. The molecule has 9 nitrogen and oxygen atoms in total. The van der Waals surface area contributed by atoms with Gasteiger partial charge in [-0.2, -0.15) is 0 Å². The molecule has 0 heterocycles. The molecule has 0 spiro atoms. The third-order valence-electron chi connectivity index (χ3n) is 2.59. The van der Waals surface area contributed by atoms with E-state index < -0.39 is 26.6 Å². The number of hydrogen-bond donors (Lipinski definition) is 3. The van der Waals surface area contributed by atoms with Crippen molar-refractivity contribution in [2.24, 2.45) is 0 Å². The van der Waals surface area contributed by atoms with Gasteiger partial charge in [-0.25, -0.2) is 0 Å². The van der Waals surface area contributed by atoms with Crippen LogP contribution in [0.1, 0.15) is 20.8 Å². The molecule has 0 aliphatic rings. The maximum absolute atomic E-state index is 10.3. The first-order valence-corrected chi connectivity index (χ1v) is 8.63. The van der Waals surface area contributed by atoms with Gasteiger partial charge in [0.1, 0.15) is 18.7 Å². The molecular weight excluding hydrogens is 313 g/mol. The summed E-state index contributed by atoms with van der Waals surface area (Å²) in [7, 11) is -0.611. The molecule has 10 heteroatoms. The minimum Gasteiger partial charge on any atom is -0.449 e. The maximum Gasteiger partial charge on any atom is 0.294 e. The molecular formula is C12H24N3O6P. The van der Waals surface area contributed by atoms with Crippen LogP contribution in [-0.2, 0) is 28.6 Å².